The van der Waals surface area contributed by atoms with Crippen molar-refractivity contribution in [3.05, 3.63) is 71.3 Å². The highest BCUT2D eigenvalue weighted by Crippen LogP contribution is 2.40. The summed E-state index contributed by atoms with van der Waals surface area (Å²) in [5.74, 6) is -0.0770. The van der Waals surface area contributed by atoms with Crippen LogP contribution in [0.15, 0.2) is 59.7 Å². The number of fused-ring (bicyclic) bond motifs is 1. The highest BCUT2D eigenvalue weighted by atomic mass is 16.2. The fourth-order valence-electron chi connectivity index (χ4n) is 4.23. The number of rotatable bonds is 6. The van der Waals surface area contributed by atoms with E-state index in [9.17, 15) is 4.79 Å². The number of hydrazone groups is 1. The zero-order valence-corrected chi connectivity index (χ0v) is 18.1. The third-order valence-electron chi connectivity index (χ3n) is 5.30. The standard InChI is InChI=1S/C25H31N3O/c1-18(2)28-23-13-11-21(15-22(23)19(3)16-25(28,4)5)17-26-27-24(29)14-12-20-9-7-6-8-10-20/h6-11,13,15-18H,12,14H2,1-5H3,(H,27,29)/b26-17+. The van der Waals surface area contributed by atoms with Crippen molar-refractivity contribution in [2.75, 3.05) is 4.90 Å². The summed E-state index contributed by atoms with van der Waals surface area (Å²) in [6.45, 7) is 11.1. The Morgan fingerprint density at radius 1 is 1.17 bits per heavy atom. The molecule has 1 heterocycles. The van der Waals surface area contributed by atoms with Crippen LogP contribution in [-0.4, -0.2) is 23.7 Å². The van der Waals surface area contributed by atoms with Gasteiger partial charge in [-0.05, 0) is 69.9 Å². The zero-order chi connectivity index (χ0) is 21.0. The van der Waals surface area contributed by atoms with Crippen LogP contribution in [0, 0.1) is 0 Å². The molecule has 0 radical (unpaired) electrons. The van der Waals surface area contributed by atoms with E-state index in [1.807, 2.05) is 30.3 Å². The van der Waals surface area contributed by atoms with Crippen LogP contribution >= 0.6 is 0 Å². The number of allylic oxidation sites excluding steroid dienone is 1. The van der Waals surface area contributed by atoms with E-state index in [2.05, 4.69) is 74.3 Å². The van der Waals surface area contributed by atoms with Crippen molar-refractivity contribution in [1.82, 2.24) is 5.43 Å². The highest BCUT2D eigenvalue weighted by molar-refractivity contribution is 5.88. The van der Waals surface area contributed by atoms with Gasteiger partial charge in [-0.25, -0.2) is 5.43 Å². The average molecular weight is 390 g/mol. The van der Waals surface area contributed by atoms with Gasteiger partial charge < -0.3 is 4.90 Å². The lowest BCUT2D eigenvalue weighted by molar-refractivity contribution is -0.121. The second-order valence-corrected chi connectivity index (χ2v) is 8.50. The SMILES string of the molecule is CC1=CC(C)(C)N(C(C)C)c2ccc(/C=N/NC(=O)CCc3ccccc3)cc21. The monoisotopic (exact) mass is 389 g/mol. The molecule has 4 heteroatoms. The molecule has 0 aromatic heterocycles. The number of carbonyl (C=O) groups excluding carboxylic acids is 1. The molecular weight excluding hydrogens is 358 g/mol. The van der Waals surface area contributed by atoms with E-state index in [-0.39, 0.29) is 11.4 Å². The Morgan fingerprint density at radius 2 is 1.90 bits per heavy atom. The summed E-state index contributed by atoms with van der Waals surface area (Å²) in [5, 5.41) is 4.15. The Hall–Kier alpha value is -2.88. The first-order valence-corrected chi connectivity index (χ1v) is 10.3. The predicted molar refractivity (Wildman–Crippen MR) is 122 cm³/mol. The van der Waals surface area contributed by atoms with Crippen LogP contribution in [0.2, 0.25) is 0 Å². The van der Waals surface area contributed by atoms with Crippen LogP contribution < -0.4 is 10.3 Å². The summed E-state index contributed by atoms with van der Waals surface area (Å²) in [4.78, 5) is 14.5. The van der Waals surface area contributed by atoms with Gasteiger partial charge in [0.15, 0.2) is 0 Å². The molecule has 0 bridgehead atoms. The number of anilines is 1. The molecule has 0 atom stereocenters. The molecule has 3 rings (SSSR count). The molecule has 0 unspecified atom stereocenters. The van der Waals surface area contributed by atoms with Gasteiger partial charge in [0.25, 0.3) is 0 Å². The molecule has 1 amide bonds. The molecule has 29 heavy (non-hydrogen) atoms. The topological polar surface area (TPSA) is 44.7 Å². The molecule has 1 N–H and O–H groups in total. The molecule has 0 saturated carbocycles. The minimum absolute atomic E-state index is 0.0203. The third-order valence-corrected chi connectivity index (χ3v) is 5.30. The lowest BCUT2D eigenvalue weighted by Gasteiger charge is -2.46. The quantitative estimate of drug-likeness (QED) is 0.546. The Balaban J connectivity index is 1.67. The minimum Gasteiger partial charge on any atom is -0.360 e. The first-order chi connectivity index (χ1) is 13.8. The number of amides is 1. The second kappa shape index (κ2) is 8.64. The summed E-state index contributed by atoms with van der Waals surface area (Å²) in [5.41, 5.74) is 8.48. The molecule has 152 valence electrons. The number of hydrogen-bond donors (Lipinski definition) is 1. The molecule has 2 aromatic rings. The van der Waals surface area contributed by atoms with E-state index >= 15 is 0 Å². The molecule has 4 nitrogen and oxygen atoms in total. The maximum Gasteiger partial charge on any atom is 0.240 e. The van der Waals surface area contributed by atoms with Gasteiger partial charge in [0, 0.05) is 23.7 Å². The normalized spacial score (nSPS) is 15.4. The number of aryl methyl sites for hydroxylation is 1. The lowest BCUT2D eigenvalue weighted by Crippen LogP contribution is -2.49. The molecule has 0 fully saturated rings. The van der Waals surface area contributed by atoms with Crippen LogP contribution in [0.25, 0.3) is 5.57 Å². The fraction of sp³-hybridized carbons (Fsp3) is 0.360. The van der Waals surface area contributed by atoms with E-state index in [0.29, 0.717) is 18.9 Å². The lowest BCUT2D eigenvalue weighted by atomic mass is 9.87. The van der Waals surface area contributed by atoms with Gasteiger partial charge in [0.05, 0.1) is 11.8 Å². The number of nitrogens with zero attached hydrogens (tertiary/aromatic N) is 2. The third kappa shape index (κ3) is 4.94. The van der Waals surface area contributed by atoms with Gasteiger partial charge in [-0.15, -0.1) is 0 Å². The van der Waals surface area contributed by atoms with E-state index in [4.69, 9.17) is 0 Å². The largest absolute Gasteiger partial charge is 0.360 e. The minimum atomic E-state index is -0.0770. The van der Waals surface area contributed by atoms with Crippen molar-refractivity contribution < 1.29 is 4.79 Å². The maximum atomic E-state index is 12.0. The van der Waals surface area contributed by atoms with Gasteiger partial charge in [-0.2, -0.15) is 5.10 Å². The first kappa shape index (κ1) is 20.8. The molecule has 2 aromatic carbocycles. The number of hydrogen-bond acceptors (Lipinski definition) is 3. The Bertz CT molecular complexity index is 926. The summed E-state index contributed by atoms with van der Waals surface area (Å²) in [6, 6.07) is 16.8. The molecule has 1 aliphatic rings. The molecule has 0 saturated heterocycles. The Kier molecular flexibility index (Phi) is 6.21. The van der Waals surface area contributed by atoms with Gasteiger partial charge in [0.1, 0.15) is 0 Å². The predicted octanol–water partition coefficient (Wildman–Crippen LogP) is 5.18. The Morgan fingerprint density at radius 3 is 2.59 bits per heavy atom. The van der Waals surface area contributed by atoms with Crippen LogP contribution in [0.1, 0.15) is 57.7 Å². The molecular formula is C25H31N3O. The first-order valence-electron chi connectivity index (χ1n) is 10.3. The summed E-state index contributed by atoms with van der Waals surface area (Å²) >= 11 is 0. The van der Waals surface area contributed by atoms with E-state index in [1.54, 1.807) is 6.21 Å². The van der Waals surface area contributed by atoms with Crippen LogP contribution in [-0.2, 0) is 11.2 Å². The van der Waals surface area contributed by atoms with Gasteiger partial charge in [0.2, 0.25) is 5.91 Å². The fourth-order valence-corrected chi connectivity index (χ4v) is 4.23. The van der Waals surface area contributed by atoms with Crippen LogP contribution in [0.3, 0.4) is 0 Å². The summed E-state index contributed by atoms with van der Waals surface area (Å²) in [6.07, 6.45) is 5.17. The number of benzene rings is 2. The second-order valence-electron chi connectivity index (χ2n) is 8.50. The van der Waals surface area contributed by atoms with Crippen LogP contribution in [0.5, 0.6) is 0 Å². The number of nitrogens with one attached hydrogen (secondary N) is 1. The van der Waals surface area contributed by atoms with Gasteiger partial charge in [-0.1, -0.05) is 42.5 Å². The highest BCUT2D eigenvalue weighted by Gasteiger charge is 2.32. The van der Waals surface area contributed by atoms with Gasteiger partial charge >= 0.3 is 0 Å². The van der Waals surface area contributed by atoms with Crippen LogP contribution in [0.4, 0.5) is 5.69 Å². The van der Waals surface area contributed by atoms with Crippen molar-refractivity contribution in [3.63, 3.8) is 0 Å². The Labute approximate surface area is 174 Å². The number of carbonyl (C=O) groups is 1. The smallest absolute Gasteiger partial charge is 0.240 e. The van der Waals surface area contributed by atoms with Crippen molar-refractivity contribution in [2.45, 2.75) is 59.0 Å². The van der Waals surface area contributed by atoms with Gasteiger partial charge in [-0.3, -0.25) is 4.79 Å². The summed E-state index contributed by atoms with van der Waals surface area (Å²) in [7, 11) is 0. The maximum absolute atomic E-state index is 12.0. The van der Waals surface area contributed by atoms with Crippen molar-refractivity contribution >= 4 is 23.4 Å². The average Bonchev–Trinajstić information content (AvgIpc) is 2.66. The van der Waals surface area contributed by atoms with Crippen molar-refractivity contribution in [3.8, 4) is 0 Å². The molecule has 0 spiro atoms. The van der Waals surface area contributed by atoms with E-state index in [1.165, 1.54) is 16.8 Å². The van der Waals surface area contributed by atoms with Crippen molar-refractivity contribution in [2.24, 2.45) is 5.10 Å². The van der Waals surface area contributed by atoms with Crippen molar-refractivity contribution in [1.29, 1.82) is 0 Å². The van der Waals surface area contributed by atoms with E-state index < -0.39 is 0 Å². The molecule has 0 aliphatic carbocycles. The summed E-state index contributed by atoms with van der Waals surface area (Å²) < 4.78 is 0. The molecule has 1 aliphatic heterocycles. The zero-order valence-electron chi connectivity index (χ0n) is 18.1. The van der Waals surface area contributed by atoms with E-state index in [0.717, 1.165) is 11.1 Å².